The maximum absolute atomic E-state index is 12.6. The van der Waals surface area contributed by atoms with Crippen LogP contribution in [-0.2, 0) is 16.1 Å². The van der Waals surface area contributed by atoms with Gasteiger partial charge in [-0.2, -0.15) is 0 Å². The fraction of sp³-hybridized carbons (Fsp3) is 0.438. The number of piperidine rings is 1. The number of rotatable bonds is 2. The molecule has 6 heteroatoms. The fourth-order valence-electron chi connectivity index (χ4n) is 3.25. The van der Waals surface area contributed by atoms with Crippen molar-refractivity contribution in [1.29, 1.82) is 0 Å². The van der Waals surface area contributed by atoms with Crippen LogP contribution in [0.1, 0.15) is 42.6 Å². The van der Waals surface area contributed by atoms with E-state index in [1.807, 2.05) is 0 Å². The Morgan fingerprint density at radius 1 is 1.23 bits per heavy atom. The van der Waals surface area contributed by atoms with Gasteiger partial charge < -0.3 is 10.6 Å². The van der Waals surface area contributed by atoms with Crippen molar-refractivity contribution < 1.29 is 14.4 Å². The molecule has 0 spiro atoms. The van der Waals surface area contributed by atoms with Crippen molar-refractivity contribution in [2.75, 3.05) is 5.73 Å². The van der Waals surface area contributed by atoms with E-state index in [-0.39, 0.29) is 30.2 Å². The highest BCUT2D eigenvalue weighted by Gasteiger charge is 2.43. The molecular formula is C16H19N3O3. The number of fused-ring (bicyclic) bond motifs is 1. The molecule has 0 saturated carbocycles. The number of carbonyl (C=O) groups is 3. The van der Waals surface area contributed by atoms with Crippen LogP contribution in [0.4, 0.5) is 5.69 Å². The second-order valence-electron chi connectivity index (χ2n) is 6.06. The molecule has 2 N–H and O–H groups in total. The monoisotopic (exact) mass is 301 g/mol. The first-order valence-electron chi connectivity index (χ1n) is 7.46. The summed E-state index contributed by atoms with van der Waals surface area (Å²) in [5.74, 6) is -0.635. The van der Waals surface area contributed by atoms with Crippen molar-refractivity contribution >= 4 is 23.4 Å². The van der Waals surface area contributed by atoms with Crippen LogP contribution in [0.25, 0.3) is 0 Å². The third-order valence-electron chi connectivity index (χ3n) is 4.35. The number of imide groups is 1. The Morgan fingerprint density at radius 3 is 2.59 bits per heavy atom. The number of amides is 3. The van der Waals surface area contributed by atoms with Gasteiger partial charge in [-0.3, -0.25) is 19.3 Å². The van der Waals surface area contributed by atoms with Crippen molar-refractivity contribution in [3.05, 3.63) is 29.3 Å². The number of carbonyl (C=O) groups excluding carboxylic acids is 3. The zero-order valence-corrected chi connectivity index (χ0v) is 12.7. The number of nitrogens with zero attached hydrogens (tertiary/aromatic N) is 2. The third-order valence-corrected chi connectivity index (χ3v) is 4.35. The normalized spacial score (nSPS) is 21.8. The van der Waals surface area contributed by atoms with E-state index in [2.05, 4.69) is 0 Å². The molecule has 22 heavy (non-hydrogen) atoms. The number of nitrogens with two attached hydrogens (primary N) is 1. The molecule has 2 aliphatic heterocycles. The van der Waals surface area contributed by atoms with Gasteiger partial charge in [-0.25, -0.2) is 0 Å². The molecule has 1 aromatic carbocycles. The lowest BCUT2D eigenvalue weighted by atomic mass is 10.0. The molecule has 0 aromatic heterocycles. The van der Waals surface area contributed by atoms with Gasteiger partial charge in [0, 0.05) is 35.8 Å². The molecule has 0 aliphatic carbocycles. The van der Waals surface area contributed by atoms with Gasteiger partial charge in [0.05, 0.1) is 0 Å². The summed E-state index contributed by atoms with van der Waals surface area (Å²) < 4.78 is 0. The molecular weight excluding hydrogens is 282 g/mol. The Labute approximate surface area is 128 Å². The van der Waals surface area contributed by atoms with Crippen LogP contribution in [0.3, 0.4) is 0 Å². The molecule has 6 nitrogen and oxygen atoms in total. The van der Waals surface area contributed by atoms with Gasteiger partial charge in [-0.15, -0.1) is 0 Å². The minimum Gasteiger partial charge on any atom is -0.398 e. The summed E-state index contributed by atoms with van der Waals surface area (Å²) in [7, 11) is 0. The summed E-state index contributed by atoms with van der Waals surface area (Å²) in [6, 6.07) is 4.43. The summed E-state index contributed by atoms with van der Waals surface area (Å²) in [6.45, 7) is 3.94. The number of hydrogen-bond donors (Lipinski definition) is 1. The van der Waals surface area contributed by atoms with Crippen LogP contribution in [0, 0.1) is 0 Å². The maximum atomic E-state index is 12.6. The Balaban J connectivity index is 1.90. The largest absolute Gasteiger partial charge is 0.398 e. The molecule has 0 radical (unpaired) electrons. The zero-order chi connectivity index (χ0) is 16.0. The highest BCUT2D eigenvalue weighted by Crippen LogP contribution is 2.32. The van der Waals surface area contributed by atoms with E-state index in [4.69, 9.17) is 5.73 Å². The van der Waals surface area contributed by atoms with Crippen molar-refractivity contribution in [2.45, 2.75) is 45.3 Å². The fourth-order valence-corrected chi connectivity index (χ4v) is 3.25. The summed E-state index contributed by atoms with van der Waals surface area (Å²) in [5, 5.41) is 0. The van der Waals surface area contributed by atoms with E-state index < -0.39 is 6.04 Å². The molecule has 1 fully saturated rings. The topological polar surface area (TPSA) is 83.7 Å². The highest BCUT2D eigenvalue weighted by molar-refractivity contribution is 6.06. The standard InChI is InChI=1S/C16H19N3O3/c1-9(2)19-14(20)7-6-13(16(19)22)18-8-11-10(15(18)21)4-3-5-12(11)17/h3-5,9,13H,6-8,17H2,1-2H3. The van der Waals surface area contributed by atoms with Gasteiger partial charge in [0.2, 0.25) is 5.91 Å². The molecule has 1 saturated heterocycles. The summed E-state index contributed by atoms with van der Waals surface area (Å²) >= 11 is 0. The number of benzene rings is 1. The number of hydrogen-bond acceptors (Lipinski definition) is 4. The quantitative estimate of drug-likeness (QED) is 0.656. The Bertz CT molecular complexity index is 669. The second kappa shape index (κ2) is 5.12. The number of likely N-dealkylation sites (tertiary alicyclic amines) is 1. The molecule has 116 valence electrons. The SMILES string of the molecule is CC(C)N1C(=O)CCC(N2Cc3c(N)cccc3C2=O)C1=O. The minimum absolute atomic E-state index is 0.167. The highest BCUT2D eigenvalue weighted by atomic mass is 16.2. The van der Waals surface area contributed by atoms with E-state index >= 15 is 0 Å². The molecule has 3 amide bonds. The lowest BCUT2D eigenvalue weighted by Crippen LogP contribution is -2.56. The van der Waals surface area contributed by atoms with Gasteiger partial charge in [0.1, 0.15) is 6.04 Å². The first-order valence-corrected chi connectivity index (χ1v) is 7.46. The van der Waals surface area contributed by atoms with Crippen molar-refractivity contribution in [1.82, 2.24) is 9.80 Å². The summed E-state index contributed by atoms with van der Waals surface area (Å²) in [4.78, 5) is 40.0. The van der Waals surface area contributed by atoms with Crippen molar-refractivity contribution in [3.8, 4) is 0 Å². The van der Waals surface area contributed by atoms with Gasteiger partial charge in [-0.1, -0.05) is 6.07 Å². The molecule has 0 bridgehead atoms. The van der Waals surface area contributed by atoms with E-state index in [1.165, 1.54) is 4.90 Å². The van der Waals surface area contributed by atoms with E-state index in [9.17, 15) is 14.4 Å². The van der Waals surface area contributed by atoms with Crippen LogP contribution in [0.2, 0.25) is 0 Å². The lowest BCUT2D eigenvalue weighted by Gasteiger charge is -2.37. The maximum Gasteiger partial charge on any atom is 0.255 e. The van der Waals surface area contributed by atoms with E-state index in [0.29, 0.717) is 24.2 Å². The van der Waals surface area contributed by atoms with Gasteiger partial charge in [-0.05, 0) is 32.4 Å². The Morgan fingerprint density at radius 2 is 1.95 bits per heavy atom. The average molecular weight is 301 g/mol. The van der Waals surface area contributed by atoms with Crippen LogP contribution >= 0.6 is 0 Å². The first-order chi connectivity index (χ1) is 10.4. The van der Waals surface area contributed by atoms with Crippen molar-refractivity contribution in [2.24, 2.45) is 0 Å². The molecule has 1 atom stereocenters. The van der Waals surface area contributed by atoms with Crippen LogP contribution < -0.4 is 5.73 Å². The van der Waals surface area contributed by atoms with E-state index in [1.54, 1.807) is 36.9 Å². The van der Waals surface area contributed by atoms with Crippen LogP contribution in [-0.4, -0.2) is 39.6 Å². The third kappa shape index (κ3) is 2.06. The van der Waals surface area contributed by atoms with Gasteiger partial charge in [0.15, 0.2) is 0 Å². The van der Waals surface area contributed by atoms with Crippen LogP contribution in [0.5, 0.6) is 0 Å². The second-order valence-corrected chi connectivity index (χ2v) is 6.06. The minimum atomic E-state index is -0.584. The molecule has 1 unspecified atom stereocenters. The number of nitrogen functional groups attached to an aromatic ring is 1. The predicted molar refractivity (Wildman–Crippen MR) is 80.7 cm³/mol. The summed E-state index contributed by atoms with van der Waals surface area (Å²) in [5.41, 5.74) is 7.82. The van der Waals surface area contributed by atoms with Gasteiger partial charge in [0.25, 0.3) is 11.8 Å². The van der Waals surface area contributed by atoms with Crippen LogP contribution in [0.15, 0.2) is 18.2 Å². The number of anilines is 1. The molecule has 2 heterocycles. The molecule has 2 aliphatic rings. The zero-order valence-electron chi connectivity index (χ0n) is 12.7. The molecule has 3 rings (SSSR count). The Hall–Kier alpha value is -2.37. The summed E-state index contributed by atoms with van der Waals surface area (Å²) in [6.07, 6.45) is 0.657. The smallest absolute Gasteiger partial charge is 0.255 e. The lowest BCUT2D eigenvalue weighted by molar-refractivity contribution is -0.154. The first kappa shape index (κ1) is 14.6. The van der Waals surface area contributed by atoms with E-state index in [0.717, 1.165) is 5.56 Å². The van der Waals surface area contributed by atoms with Gasteiger partial charge >= 0.3 is 0 Å². The molecule has 1 aromatic rings. The average Bonchev–Trinajstić information content (AvgIpc) is 2.78. The Kier molecular flexibility index (Phi) is 3.39. The predicted octanol–water partition coefficient (Wildman–Crippen LogP) is 1.15. The van der Waals surface area contributed by atoms with Crippen molar-refractivity contribution in [3.63, 3.8) is 0 Å².